The van der Waals surface area contributed by atoms with Crippen molar-refractivity contribution >= 4 is 0 Å². The number of hydrogen-bond acceptors (Lipinski definition) is 1. The lowest BCUT2D eigenvalue weighted by molar-refractivity contribution is 0.134. The van der Waals surface area contributed by atoms with Gasteiger partial charge in [0.1, 0.15) is 0 Å². The van der Waals surface area contributed by atoms with Crippen molar-refractivity contribution in [3.05, 3.63) is 24.0 Å². The molecule has 0 amide bonds. The van der Waals surface area contributed by atoms with Crippen molar-refractivity contribution in [1.29, 1.82) is 0 Å². The number of aromatic amines is 1. The summed E-state index contributed by atoms with van der Waals surface area (Å²) in [5.74, 6) is 0.551. The van der Waals surface area contributed by atoms with Gasteiger partial charge in [0.15, 0.2) is 0 Å². The smallest absolute Gasteiger partial charge is 0.0807 e. The van der Waals surface area contributed by atoms with E-state index in [1.807, 2.05) is 18.5 Å². The molecule has 1 rings (SSSR count). The minimum Gasteiger partial charge on any atom is -0.388 e. The molecule has 0 aliphatic carbocycles. The number of H-pyrrole nitrogens is 1. The molecule has 1 aromatic heterocycles. The highest BCUT2D eigenvalue weighted by Crippen LogP contribution is 2.30. The van der Waals surface area contributed by atoms with E-state index < -0.39 is 0 Å². The average molecular weight is 209 g/mol. The second kappa shape index (κ2) is 4.84. The van der Waals surface area contributed by atoms with Crippen LogP contribution in [0.1, 0.15) is 52.2 Å². The van der Waals surface area contributed by atoms with E-state index in [0.29, 0.717) is 11.3 Å². The van der Waals surface area contributed by atoms with Crippen LogP contribution < -0.4 is 0 Å². The minimum atomic E-state index is -0.325. The number of aliphatic hydroxyl groups excluding tert-OH is 1. The summed E-state index contributed by atoms with van der Waals surface area (Å²) in [6.45, 7) is 8.94. The third-order valence-electron chi connectivity index (χ3n) is 2.59. The molecular formula is C13H23NO. The summed E-state index contributed by atoms with van der Waals surface area (Å²) in [5, 5.41) is 9.96. The molecule has 0 saturated carbocycles. The van der Waals surface area contributed by atoms with E-state index in [0.717, 1.165) is 18.4 Å². The molecule has 0 aromatic carbocycles. The van der Waals surface area contributed by atoms with Gasteiger partial charge in [-0.3, -0.25) is 0 Å². The van der Waals surface area contributed by atoms with E-state index in [4.69, 9.17) is 0 Å². The lowest BCUT2D eigenvalue weighted by Gasteiger charge is -2.24. The number of aromatic nitrogens is 1. The molecule has 2 N–H and O–H groups in total. The Morgan fingerprint density at radius 3 is 2.53 bits per heavy atom. The average Bonchev–Trinajstić information content (AvgIpc) is 2.50. The highest BCUT2D eigenvalue weighted by Gasteiger charge is 2.18. The Kier molecular flexibility index (Phi) is 3.97. The predicted octanol–water partition coefficient (Wildman–Crippen LogP) is 3.51. The second-order valence-electron chi connectivity index (χ2n) is 5.77. The Morgan fingerprint density at radius 1 is 1.40 bits per heavy atom. The number of aliphatic hydroxyl groups is 1. The summed E-state index contributed by atoms with van der Waals surface area (Å²) in [4.78, 5) is 2.97. The van der Waals surface area contributed by atoms with Crippen LogP contribution in [0.15, 0.2) is 18.5 Å². The van der Waals surface area contributed by atoms with Gasteiger partial charge < -0.3 is 10.1 Å². The van der Waals surface area contributed by atoms with Crippen LogP contribution in [0.4, 0.5) is 0 Å². The molecular weight excluding hydrogens is 186 g/mol. The predicted molar refractivity (Wildman–Crippen MR) is 63.6 cm³/mol. The van der Waals surface area contributed by atoms with Crippen LogP contribution in [0.3, 0.4) is 0 Å². The van der Waals surface area contributed by atoms with Gasteiger partial charge in [-0.25, -0.2) is 0 Å². The van der Waals surface area contributed by atoms with E-state index in [1.54, 1.807) is 0 Å². The van der Waals surface area contributed by atoms with Crippen molar-refractivity contribution in [3.8, 4) is 0 Å². The Labute approximate surface area is 92.7 Å². The molecule has 2 heteroatoms. The fourth-order valence-electron chi connectivity index (χ4n) is 2.19. The van der Waals surface area contributed by atoms with Gasteiger partial charge in [-0.1, -0.05) is 27.7 Å². The van der Waals surface area contributed by atoms with Crippen LogP contribution in [0.25, 0.3) is 0 Å². The SMILES string of the molecule is CC(CC(O)c1cc[nH]c1)CC(C)(C)C. The molecule has 1 aromatic rings. The Balaban J connectivity index is 2.42. The van der Waals surface area contributed by atoms with Crippen LogP contribution >= 0.6 is 0 Å². The van der Waals surface area contributed by atoms with Gasteiger partial charge in [-0.2, -0.15) is 0 Å². The molecule has 2 atom stereocenters. The van der Waals surface area contributed by atoms with Crippen LogP contribution in [0.5, 0.6) is 0 Å². The number of hydrogen-bond donors (Lipinski definition) is 2. The maximum absolute atomic E-state index is 9.96. The third kappa shape index (κ3) is 4.52. The molecule has 0 fully saturated rings. The fourth-order valence-corrected chi connectivity index (χ4v) is 2.19. The Hall–Kier alpha value is -0.760. The molecule has 86 valence electrons. The first-order chi connectivity index (χ1) is 6.88. The maximum atomic E-state index is 9.96. The van der Waals surface area contributed by atoms with E-state index in [2.05, 4.69) is 32.7 Å². The second-order valence-corrected chi connectivity index (χ2v) is 5.77. The first-order valence-corrected chi connectivity index (χ1v) is 5.69. The highest BCUT2D eigenvalue weighted by molar-refractivity contribution is 5.11. The van der Waals surface area contributed by atoms with E-state index in [9.17, 15) is 5.11 Å². The maximum Gasteiger partial charge on any atom is 0.0807 e. The molecule has 0 aliphatic heterocycles. The first-order valence-electron chi connectivity index (χ1n) is 5.69. The molecule has 0 bridgehead atoms. The van der Waals surface area contributed by atoms with Crippen LogP contribution in [0, 0.1) is 11.3 Å². The highest BCUT2D eigenvalue weighted by atomic mass is 16.3. The van der Waals surface area contributed by atoms with Crippen molar-refractivity contribution in [2.75, 3.05) is 0 Å². The molecule has 15 heavy (non-hydrogen) atoms. The molecule has 0 saturated heterocycles. The summed E-state index contributed by atoms with van der Waals surface area (Å²) < 4.78 is 0. The molecule has 2 unspecified atom stereocenters. The van der Waals surface area contributed by atoms with Crippen molar-refractivity contribution in [1.82, 2.24) is 4.98 Å². The van der Waals surface area contributed by atoms with Crippen LogP contribution in [-0.2, 0) is 0 Å². The minimum absolute atomic E-state index is 0.325. The van der Waals surface area contributed by atoms with Crippen LogP contribution in [-0.4, -0.2) is 10.1 Å². The Morgan fingerprint density at radius 2 is 2.07 bits per heavy atom. The lowest BCUT2D eigenvalue weighted by Crippen LogP contribution is -2.13. The van der Waals surface area contributed by atoms with Gasteiger partial charge in [-0.15, -0.1) is 0 Å². The summed E-state index contributed by atoms with van der Waals surface area (Å²) in [7, 11) is 0. The topological polar surface area (TPSA) is 36.0 Å². The quantitative estimate of drug-likeness (QED) is 0.782. The normalized spacial score (nSPS) is 16.3. The van der Waals surface area contributed by atoms with Crippen molar-refractivity contribution in [2.45, 2.75) is 46.6 Å². The molecule has 1 heterocycles. The Bertz CT molecular complexity index is 271. The van der Waals surface area contributed by atoms with Gasteiger partial charge in [0.25, 0.3) is 0 Å². The first kappa shape index (κ1) is 12.3. The molecule has 0 spiro atoms. The zero-order chi connectivity index (χ0) is 11.5. The summed E-state index contributed by atoms with van der Waals surface area (Å²) in [5.41, 5.74) is 1.34. The standard InChI is InChI=1S/C13H23NO/c1-10(8-13(2,3)4)7-12(15)11-5-6-14-9-11/h5-6,9-10,12,14-15H,7-8H2,1-4H3. The summed E-state index contributed by atoms with van der Waals surface area (Å²) >= 11 is 0. The summed E-state index contributed by atoms with van der Waals surface area (Å²) in [6.07, 6.45) is 5.39. The largest absolute Gasteiger partial charge is 0.388 e. The van der Waals surface area contributed by atoms with Gasteiger partial charge in [-0.05, 0) is 35.8 Å². The summed E-state index contributed by atoms with van der Waals surface area (Å²) in [6, 6.07) is 1.94. The van der Waals surface area contributed by atoms with Crippen molar-refractivity contribution < 1.29 is 5.11 Å². The van der Waals surface area contributed by atoms with Gasteiger partial charge in [0.05, 0.1) is 6.10 Å². The molecule has 0 aliphatic rings. The van der Waals surface area contributed by atoms with Gasteiger partial charge in [0, 0.05) is 12.4 Å². The number of rotatable bonds is 4. The zero-order valence-electron chi connectivity index (χ0n) is 10.2. The van der Waals surface area contributed by atoms with E-state index in [-0.39, 0.29) is 6.10 Å². The van der Waals surface area contributed by atoms with Gasteiger partial charge >= 0.3 is 0 Å². The van der Waals surface area contributed by atoms with Crippen LogP contribution in [0.2, 0.25) is 0 Å². The zero-order valence-corrected chi connectivity index (χ0v) is 10.2. The van der Waals surface area contributed by atoms with Crippen molar-refractivity contribution in [3.63, 3.8) is 0 Å². The third-order valence-corrected chi connectivity index (χ3v) is 2.59. The van der Waals surface area contributed by atoms with Crippen molar-refractivity contribution in [2.24, 2.45) is 11.3 Å². The van der Waals surface area contributed by atoms with E-state index in [1.165, 1.54) is 0 Å². The van der Waals surface area contributed by atoms with E-state index >= 15 is 0 Å². The monoisotopic (exact) mass is 209 g/mol. The molecule has 0 radical (unpaired) electrons. The fraction of sp³-hybridized carbons (Fsp3) is 0.692. The number of nitrogens with one attached hydrogen (secondary N) is 1. The van der Waals surface area contributed by atoms with Gasteiger partial charge in [0.2, 0.25) is 0 Å². The lowest BCUT2D eigenvalue weighted by atomic mass is 9.83. The molecule has 2 nitrogen and oxygen atoms in total.